The summed E-state index contributed by atoms with van der Waals surface area (Å²) < 4.78 is 5.27. The first kappa shape index (κ1) is 18.6. The topological polar surface area (TPSA) is 89.8 Å². The highest BCUT2D eigenvalue weighted by atomic mass is 16.6. The number of piperidine rings is 1. The number of rotatable bonds is 5. The molecule has 0 spiro atoms. The number of carbonyl (C=O) groups is 2. The highest BCUT2D eigenvalue weighted by Gasteiger charge is 2.23. The Bertz CT molecular complexity index is 870. The molecule has 1 aliphatic rings. The van der Waals surface area contributed by atoms with Crippen molar-refractivity contribution in [2.45, 2.75) is 26.2 Å². The van der Waals surface area contributed by atoms with Crippen LogP contribution in [0.25, 0.3) is 0 Å². The number of nitrogens with zero attached hydrogens (tertiary/aromatic N) is 2. The van der Waals surface area contributed by atoms with E-state index < -0.39 is 10.9 Å². The Hall–Kier alpha value is -3.22. The number of nitro benzene ring substituents is 1. The van der Waals surface area contributed by atoms with Gasteiger partial charge in [0, 0.05) is 24.7 Å². The molecule has 1 fully saturated rings. The number of carbonyl (C=O) groups excluding carboxylic acids is 2. The fourth-order valence-electron chi connectivity index (χ4n) is 3.12. The molecule has 0 bridgehead atoms. The van der Waals surface area contributed by atoms with E-state index in [2.05, 4.69) is 0 Å². The Labute approximate surface area is 156 Å². The SMILES string of the molecule is CC(=O)c1ccc(OC(=O)c2ccc(N3CCCCC3)c([N+](=O)[O-])c2)cc1. The van der Waals surface area contributed by atoms with Crippen LogP contribution in [0.4, 0.5) is 11.4 Å². The molecule has 1 aliphatic heterocycles. The molecule has 0 amide bonds. The number of nitro groups is 1. The first-order chi connectivity index (χ1) is 13.0. The minimum atomic E-state index is -0.682. The second kappa shape index (κ2) is 7.99. The molecule has 27 heavy (non-hydrogen) atoms. The zero-order valence-electron chi connectivity index (χ0n) is 15.0. The van der Waals surface area contributed by atoms with Crippen LogP contribution in [-0.4, -0.2) is 29.8 Å². The number of ether oxygens (including phenoxy) is 1. The van der Waals surface area contributed by atoms with Crippen molar-refractivity contribution in [2.75, 3.05) is 18.0 Å². The van der Waals surface area contributed by atoms with Crippen LogP contribution in [-0.2, 0) is 0 Å². The quantitative estimate of drug-likeness (QED) is 0.260. The van der Waals surface area contributed by atoms with Crippen molar-refractivity contribution in [3.63, 3.8) is 0 Å². The van der Waals surface area contributed by atoms with Crippen molar-refractivity contribution >= 4 is 23.1 Å². The van der Waals surface area contributed by atoms with Gasteiger partial charge in [0.05, 0.1) is 10.5 Å². The van der Waals surface area contributed by atoms with Gasteiger partial charge < -0.3 is 9.64 Å². The van der Waals surface area contributed by atoms with Gasteiger partial charge in [-0.05, 0) is 62.6 Å². The summed E-state index contributed by atoms with van der Waals surface area (Å²) in [6.07, 6.45) is 3.12. The predicted molar refractivity (Wildman–Crippen MR) is 101 cm³/mol. The number of hydrogen-bond donors (Lipinski definition) is 0. The molecular weight excluding hydrogens is 348 g/mol. The van der Waals surface area contributed by atoms with Gasteiger partial charge in [-0.1, -0.05) is 0 Å². The molecule has 7 nitrogen and oxygen atoms in total. The van der Waals surface area contributed by atoms with Crippen molar-refractivity contribution in [1.82, 2.24) is 0 Å². The summed E-state index contributed by atoms with van der Waals surface area (Å²) in [5, 5.41) is 11.5. The van der Waals surface area contributed by atoms with E-state index in [9.17, 15) is 19.7 Å². The summed E-state index contributed by atoms with van der Waals surface area (Å²) in [5.74, 6) is -0.497. The third-order valence-corrected chi connectivity index (χ3v) is 4.58. The van der Waals surface area contributed by atoms with Gasteiger partial charge in [-0.2, -0.15) is 0 Å². The number of hydrogen-bond acceptors (Lipinski definition) is 6. The van der Waals surface area contributed by atoms with Gasteiger partial charge in [-0.3, -0.25) is 14.9 Å². The monoisotopic (exact) mass is 368 g/mol. The second-order valence-electron chi connectivity index (χ2n) is 6.48. The lowest BCUT2D eigenvalue weighted by atomic mass is 10.1. The largest absolute Gasteiger partial charge is 0.423 e. The molecule has 1 heterocycles. The minimum Gasteiger partial charge on any atom is -0.423 e. The molecule has 2 aromatic carbocycles. The van der Waals surface area contributed by atoms with E-state index in [0.29, 0.717) is 11.3 Å². The summed E-state index contributed by atoms with van der Waals surface area (Å²) in [6, 6.07) is 10.6. The zero-order valence-corrected chi connectivity index (χ0v) is 15.0. The molecule has 0 N–H and O–H groups in total. The Kier molecular flexibility index (Phi) is 5.49. The molecular formula is C20H20N2O5. The number of benzene rings is 2. The fourth-order valence-corrected chi connectivity index (χ4v) is 3.12. The molecule has 0 aliphatic carbocycles. The lowest BCUT2D eigenvalue weighted by Gasteiger charge is -2.28. The van der Waals surface area contributed by atoms with E-state index in [1.165, 1.54) is 25.1 Å². The first-order valence-corrected chi connectivity index (χ1v) is 8.82. The van der Waals surface area contributed by atoms with Crippen molar-refractivity contribution in [2.24, 2.45) is 0 Å². The summed E-state index contributed by atoms with van der Waals surface area (Å²) >= 11 is 0. The maximum Gasteiger partial charge on any atom is 0.343 e. The number of anilines is 1. The number of Topliss-reactive ketones (excluding diaryl/α,β-unsaturated/α-hetero) is 1. The molecule has 1 saturated heterocycles. The summed E-state index contributed by atoms with van der Waals surface area (Å²) in [6.45, 7) is 2.99. The summed E-state index contributed by atoms with van der Waals surface area (Å²) in [4.78, 5) is 36.7. The third kappa shape index (κ3) is 4.31. The molecule has 0 saturated carbocycles. The van der Waals surface area contributed by atoms with E-state index in [-0.39, 0.29) is 22.8 Å². The van der Waals surface area contributed by atoms with Crippen LogP contribution >= 0.6 is 0 Å². The smallest absolute Gasteiger partial charge is 0.343 e. The van der Waals surface area contributed by atoms with E-state index in [4.69, 9.17) is 4.74 Å². The van der Waals surface area contributed by atoms with Crippen molar-refractivity contribution in [1.29, 1.82) is 0 Å². The van der Waals surface area contributed by atoms with Gasteiger partial charge in [0.25, 0.3) is 5.69 Å². The zero-order chi connectivity index (χ0) is 19.4. The van der Waals surface area contributed by atoms with Crippen LogP contribution in [0.3, 0.4) is 0 Å². The van der Waals surface area contributed by atoms with Crippen LogP contribution in [0.2, 0.25) is 0 Å². The lowest BCUT2D eigenvalue weighted by molar-refractivity contribution is -0.384. The highest BCUT2D eigenvalue weighted by molar-refractivity contribution is 5.95. The maximum absolute atomic E-state index is 12.4. The standard InChI is InChI=1S/C20H20N2O5/c1-14(23)15-5-8-17(9-6-15)27-20(24)16-7-10-18(19(13-16)22(25)26)21-11-3-2-4-12-21/h5-10,13H,2-4,11-12H2,1H3. The van der Waals surface area contributed by atoms with E-state index in [1.54, 1.807) is 24.3 Å². The van der Waals surface area contributed by atoms with Crippen LogP contribution in [0, 0.1) is 10.1 Å². The Morgan fingerprint density at radius 2 is 1.63 bits per heavy atom. The normalized spacial score (nSPS) is 13.9. The molecule has 0 aromatic heterocycles. The average molecular weight is 368 g/mol. The number of esters is 1. The van der Waals surface area contributed by atoms with E-state index >= 15 is 0 Å². The van der Waals surface area contributed by atoms with Gasteiger partial charge >= 0.3 is 5.97 Å². The van der Waals surface area contributed by atoms with Crippen LogP contribution in [0.15, 0.2) is 42.5 Å². The molecule has 0 unspecified atom stereocenters. The Balaban J connectivity index is 1.81. The van der Waals surface area contributed by atoms with Crippen LogP contribution in [0.1, 0.15) is 46.9 Å². The molecule has 0 radical (unpaired) electrons. The fraction of sp³-hybridized carbons (Fsp3) is 0.300. The summed E-state index contributed by atoms with van der Waals surface area (Å²) in [5.41, 5.74) is 1.05. The molecule has 0 atom stereocenters. The van der Waals surface area contributed by atoms with Crippen LogP contribution < -0.4 is 9.64 Å². The Morgan fingerprint density at radius 1 is 1.00 bits per heavy atom. The van der Waals surface area contributed by atoms with Gasteiger partial charge in [-0.15, -0.1) is 0 Å². The van der Waals surface area contributed by atoms with E-state index in [0.717, 1.165) is 32.4 Å². The highest BCUT2D eigenvalue weighted by Crippen LogP contribution is 2.31. The van der Waals surface area contributed by atoms with Crippen molar-refractivity contribution < 1.29 is 19.2 Å². The summed E-state index contributed by atoms with van der Waals surface area (Å²) in [7, 11) is 0. The van der Waals surface area contributed by atoms with E-state index in [1.807, 2.05) is 4.90 Å². The van der Waals surface area contributed by atoms with Gasteiger partial charge in [0.2, 0.25) is 0 Å². The molecule has 140 valence electrons. The Morgan fingerprint density at radius 3 is 2.22 bits per heavy atom. The van der Waals surface area contributed by atoms with Crippen molar-refractivity contribution in [3.05, 3.63) is 63.7 Å². The van der Waals surface area contributed by atoms with Crippen LogP contribution in [0.5, 0.6) is 5.75 Å². The van der Waals surface area contributed by atoms with Gasteiger partial charge in [-0.25, -0.2) is 4.79 Å². The first-order valence-electron chi connectivity index (χ1n) is 8.82. The predicted octanol–water partition coefficient (Wildman–Crippen LogP) is 4.01. The van der Waals surface area contributed by atoms with Gasteiger partial charge in [0.15, 0.2) is 5.78 Å². The second-order valence-corrected chi connectivity index (χ2v) is 6.48. The molecule has 2 aromatic rings. The third-order valence-electron chi connectivity index (χ3n) is 4.58. The lowest BCUT2D eigenvalue weighted by Crippen LogP contribution is -2.30. The molecule has 7 heteroatoms. The van der Waals surface area contributed by atoms with Crippen molar-refractivity contribution in [3.8, 4) is 5.75 Å². The van der Waals surface area contributed by atoms with Gasteiger partial charge in [0.1, 0.15) is 11.4 Å². The average Bonchev–Trinajstić information content (AvgIpc) is 2.68. The maximum atomic E-state index is 12.4. The minimum absolute atomic E-state index is 0.0863. The molecule has 3 rings (SSSR count). The number of ketones is 1.